The number of fused-ring (bicyclic) bond motifs is 1. The first-order chi connectivity index (χ1) is 12.2. The number of ether oxygens (including phenoxy) is 1. The molecule has 3 aromatic rings. The largest absolute Gasteiger partial charge is 0.480 e. The average Bonchev–Trinajstić information content (AvgIpc) is 3.28. The summed E-state index contributed by atoms with van der Waals surface area (Å²) in [6.45, 7) is 2.82. The van der Waals surface area contributed by atoms with Crippen LogP contribution in [-0.2, 0) is 17.8 Å². The van der Waals surface area contributed by atoms with Gasteiger partial charge in [0.2, 0.25) is 0 Å². The SMILES string of the molecule is CCn1cnnc1-c1cccc(NC(=O)[C@@H]2Cc3ccccc3O2)c1. The fraction of sp³-hybridized carbons (Fsp3) is 0.211. The van der Waals surface area contributed by atoms with Crippen LogP contribution in [0.1, 0.15) is 12.5 Å². The topological polar surface area (TPSA) is 69.0 Å². The molecule has 1 amide bonds. The van der Waals surface area contributed by atoms with E-state index in [9.17, 15) is 4.79 Å². The third kappa shape index (κ3) is 2.98. The number of para-hydroxylation sites is 1. The van der Waals surface area contributed by atoms with Crippen LogP contribution in [0, 0.1) is 0 Å². The van der Waals surface area contributed by atoms with Crippen molar-refractivity contribution in [3.63, 3.8) is 0 Å². The minimum atomic E-state index is -0.500. The van der Waals surface area contributed by atoms with Crippen LogP contribution in [0.4, 0.5) is 5.69 Å². The molecule has 1 aromatic heterocycles. The van der Waals surface area contributed by atoms with Crippen LogP contribution in [0.5, 0.6) is 5.75 Å². The maximum atomic E-state index is 12.5. The lowest BCUT2D eigenvalue weighted by Gasteiger charge is -2.12. The van der Waals surface area contributed by atoms with Crippen molar-refractivity contribution >= 4 is 11.6 Å². The quantitative estimate of drug-likeness (QED) is 0.796. The van der Waals surface area contributed by atoms with Crippen LogP contribution in [0.2, 0.25) is 0 Å². The molecule has 4 rings (SSSR count). The highest BCUT2D eigenvalue weighted by Crippen LogP contribution is 2.29. The molecule has 1 aliphatic rings. The van der Waals surface area contributed by atoms with E-state index in [0.29, 0.717) is 12.1 Å². The van der Waals surface area contributed by atoms with Gasteiger partial charge in [0, 0.05) is 24.2 Å². The normalized spacial score (nSPS) is 15.5. The highest BCUT2D eigenvalue weighted by molar-refractivity contribution is 5.95. The predicted molar refractivity (Wildman–Crippen MR) is 94.3 cm³/mol. The Kier molecular flexibility index (Phi) is 3.93. The molecule has 1 aliphatic heterocycles. The smallest absolute Gasteiger partial charge is 0.265 e. The fourth-order valence-corrected chi connectivity index (χ4v) is 3.00. The monoisotopic (exact) mass is 334 g/mol. The van der Waals surface area contributed by atoms with E-state index in [-0.39, 0.29) is 5.91 Å². The molecule has 0 saturated carbocycles. The zero-order chi connectivity index (χ0) is 17.2. The van der Waals surface area contributed by atoms with E-state index >= 15 is 0 Å². The van der Waals surface area contributed by atoms with Gasteiger partial charge in [-0.3, -0.25) is 4.79 Å². The lowest BCUT2D eigenvalue weighted by molar-refractivity contribution is -0.122. The number of nitrogens with zero attached hydrogens (tertiary/aromatic N) is 3. The van der Waals surface area contributed by atoms with E-state index in [1.54, 1.807) is 6.33 Å². The summed E-state index contributed by atoms with van der Waals surface area (Å²) in [5.74, 6) is 1.42. The van der Waals surface area contributed by atoms with Crippen LogP contribution in [-0.4, -0.2) is 26.8 Å². The summed E-state index contributed by atoms with van der Waals surface area (Å²) in [6.07, 6.45) is 1.79. The number of anilines is 1. The Hall–Kier alpha value is -3.15. The number of benzene rings is 2. The van der Waals surface area contributed by atoms with Crippen molar-refractivity contribution in [3.05, 3.63) is 60.4 Å². The molecule has 6 nitrogen and oxygen atoms in total. The van der Waals surface area contributed by atoms with Gasteiger partial charge in [-0.2, -0.15) is 0 Å². The Balaban J connectivity index is 1.50. The summed E-state index contributed by atoms with van der Waals surface area (Å²) in [5, 5.41) is 11.0. The minimum absolute atomic E-state index is 0.148. The minimum Gasteiger partial charge on any atom is -0.480 e. The maximum absolute atomic E-state index is 12.5. The summed E-state index contributed by atoms with van der Waals surface area (Å²) in [7, 11) is 0. The zero-order valence-corrected chi connectivity index (χ0v) is 13.8. The summed E-state index contributed by atoms with van der Waals surface area (Å²) in [6, 6.07) is 15.3. The molecule has 0 radical (unpaired) electrons. The molecule has 0 fully saturated rings. The summed E-state index contributed by atoms with van der Waals surface area (Å²) >= 11 is 0. The number of carbonyl (C=O) groups is 1. The van der Waals surface area contributed by atoms with Crippen molar-refractivity contribution in [1.82, 2.24) is 14.8 Å². The lowest BCUT2D eigenvalue weighted by Crippen LogP contribution is -2.31. The van der Waals surface area contributed by atoms with Crippen LogP contribution in [0.25, 0.3) is 11.4 Å². The molecule has 0 unspecified atom stereocenters. The van der Waals surface area contributed by atoms with Crippen molar-refractivity contribution in [2.45, 2.75) is 26.0 Å². The van der Waals surface area contributed by atoms with Gasteiger partial charge in [0.05, 0.1) is 0 Å². The van der Waals surface area contributed by atoms with E-state index in [4.69, 9.17) is 4.74 Å². The first-order valence-corrected chi connectivity index (χ1v) is 8.28. The second-order valence-electron chi connectivity index (χ2n) is 5.93. The molecular formula is C19H18N4O2. The van der Waals surface area contributed by atoms with Gasteiger partial charge in [-0.1, -0.05) is 30.3 Å². The number of nitrogens with one attached hydrogen (secondary N) is 1. The standard InChI is InChI=1S/C19H18N4O2/c1-2-23-12-20-22-18(23)14-7-5-8-15(10-14)21-19(24)17-11-13-6-3-4-9-16(13)25-17/h3-10,12,17H,2,11H2,1H3,(H,21,24)/t17-/m0/s1. The number of aryl methyl sites for hydroxylation is 1. The number of hydrogen-bond donors (Lipinski definition) is 1. The van der Waals surface area contributed by atoms with Crippen LogP contribution < -0.4 is 10.1 Å². The molecule has 2 aromatic carbocycles. The number of rotatable bonds is 4. The van der Waals surface area contributed by atoms with Gasteiger partial charge in [-0.25, -0.2) is 0 Å². The number of aromatic nitrogens is 3. The van der Waals surface area contributed by atoms with Crippen molar-refractivity contribution < 1.29 is 9.53 Å². The highest BCUT2D eigenvalue weighted by atomic mass is 16.5. The van der Waals surface area contributed by atoms with Crippen molar-refractivity contribution in [2.24, 2.45) is 0 Å². The van der Waals surface area contributed by atoms with Crippen molar-refractivity contribution in [2.75, 3.05) is 5.32 Å². The van der Waals surface area contributed by atoms with Gasteiger partial charge >= 0.3 is 0 Å². The molecule has 1 atom stereocenters. The Morgan fingerprint density at radius 1 is 1.28 bits per heavy atom. The fourth-order valence-electron chi connectivity index (χ4n) is 3.00. The van der Waals surface area contributed by atoms with E-state index in [1.165, 1.54) is 0 Å². The second-order valence-corrected chi connectivity index (χ2v) is 5.93. The molecule has 126 valence electrons. The summed E-state index contributed by atoms with van der Waals surface area (Å²) < 4.78 is 7.70. The average molecular weight is 334 g/mol. The molecule has 0 saturated heterocycles. The van der Waals surface area contributed by atoms with Crippen molar-refractivity contribution in [3.8, 4) is 17.1 Å². The van der Waals surface area contributed by atoms with E-state index in [1.807, 2.05) is 60.0 Å². The Morgan fingerprint density at radius 2 is 2.16 bits per heavy atom. The van der Waals surface area contributed by atoms with Gasteiger partial charge in [0.1, 0.15) is 12.1 Å². The molecule has 0 aliphatic carbocycles. The van der Waals surface area contributed by atoms with Crippen LogP contribution in [0.3, 0.4) is 0 Å². The molecule has 1 N–H and O–H groups in total. The number of amides is 1. The Labute approximate surface area is 145 Å². The van der Waals surface area contributed by atoms with E-state index < -0.39 is 6.10 Å². The van der Waals surface area contributed by atoms with Crippen LogP contribution in [0.15, 0.2) is 54.9 Å². The molecule has 0 bridgehead atoms. The Morgan fingerprint density at radius 3 is 3.00 bits per heavy atom. The second kappa shape index (κ2) is 6.39. The number of carbonyl (C=O) groups excluding carboxylic acids is 1. The third-order valence-corrected chi connectivity index (χ3v) is 4.28. The molecule has 25 heavy (non-hydrogen) atoms. The van der Waals surface area contributed by atoms with Crippen molar-refractivity contribution in [1.29, 1.82) is 0 Å². The molecular weight excluding hydrogens is 316 g/mol. The van der Waals surface area contributed by atoms with Gasteiger partial charge in [-0.15, -0.1) is 10.2 Å². The third-order valence-electron chi connectivity index (χ3n) is 4.28. The summed E-state index contributed by atoms with van der Waals surface area (Å²) in [5.41, 5.74) is 2.69. The first-order valence-electron chi connectivity index (χ1n) is 8.28. The molecule has 0 spiro atoms. The van der Waals surface area contributed by atoms with E-state index in [2.05, 4.69) is 15.5 Å². The highest BCUT2D eigenvalue weighted by Gasteiger charge is 2.28. The molecule has 6 heteroatoms. The van der Waals surface area contributed by atoms with Gasteiger partial charge in [0.15, 0.2) is 11.9 Å². The molecule has 2 heterocycles. The lowest BCUT2D eigenvalue weighted by atomic mass is 10.1. The number of hydrogen-bond acceptors (Lipinski definition) is 4. The van der Waals surface area contributed by atoms with Crippen LogP contribution >= 0.6 is 0 Å². The first kappa shape index (κ1) is 15.4. The van der Waals surface area contributed by atoms with E-state index in [0.717, 1.165) is 29.2 Å². The van der Waals surface area contributed by atoms with Gasteiger partial charge < -0.3 is 14.6 Å². The Bertz CT molecular complexity index is 894. The maximum Gasteiger partial charge on any atom is 0.265 e. The summed E-state index contributed by atoms with van der Waals surface area (Å²) in [4.78, 5) is 12.5. The predicted octanol–water partition coefficient (Wildman–Crippen LogP) is 2.91. The zero-order valence-electron chi connectivity index (χ0n) is 13.8. The van der Waals surface area contributed by atoms with Gasteiger partial charge in [-0.05, 0) is 30.7 Å². The van der Waals surface area contributed by atoms with Gasteiger partial charge in [0.25, 0.3) is 5.91 Å².